The first-order chi connectivity index (χ1) is 12.5. The molecule has 26 heavy (non-hydrogen) atoms. The maximum atomic E-state index is 13.2. The molecular formula is C20H24N4O2. The van der Waals surface area contributed by atoms with Crippen LogP contribution in [0.3, 0.4) is 0 Å². The molecule has 0 spiro atoms. The summed E-state index contributed by atoms with van der Waals surface area (Å²) in [5.41, 5.74) is 2.54. The molecule has 1 fully saturated rings. The number of fused-ring (bicyclic) bond motifs is 2. The summed E-state index contributed by atoms with van der Waals surface area (Å²) in [6, 6.07) is 5.77. The quantitative estimate of drug-likeness (QED) is 0.712. The molecule has 6 heteroatoms. The van der Waals surface area contributed by atoms with Gasteiger partial charge in [0, 0.05) is 25.8 Å². The van der Waals surface area contributed by atoms with Crippen molar-refractivity contribution >= 4 is 22.6 Å². The van der Waals surface area contributed by atoms with Crippen LogP contribution in [-0.4, -0.2) is 37.3 Å². The average Bonchev–Trinajstić information content (AvgIpc) is 2.99. The standard InChI is InChI=1S/C20H24N4O2/c1-4-14-9-5-6-10-23(14)20(26)16-12-15-18(22(16)3)21-17-13(2)8-7-11-24(17)19(15)25/h7-8,11-12,14H,4-6,9-10H2,1-3H3/t14-/m0/s1. The molecule has 3 aromatic heterocycles. The van der Waals surface area contributed by atoms with Gasteiger partial charge in [0.25, 0.3) is 11.5 Å². The molecule has 0 unspecified atom stereocenters. The van der Waals surface area contributed by atoms with E-state index < -0.39 is 0 Å². The Hall–Kier alpha value is -2.63. The summed E-state index contributed by atoms with van der Waals surface area (Å²) in [4.78, 5) is 32.8. The Balaban J connectivity index is 1.89. The van der Waals surface area contributed by atoms with Gasteiger partial charge in [-0.25, -0.2) is 4.98 Å². The van der Waals surface area contributed by atoms with Crippen LogP contribution < -0.4 is 5.56 Å². The lowest BCUT2D eigenvalue weighted by Gasteiger charge is -2.35. The molecule has 0 radical (unpaired) electrons. The van der Waals surface area contributed by atoms with Gasteiger partial charge in [0.2, 0.25) is 0 Å². The molecule has 1 atom stereocenters. The smallest absolute Gasteiger partial charge is 0.270 e. The van der Waals surface area contributed by atoms with Gasteiger partial charge in [0.1, 0.15) is 17.0 Å². The molecule has 1 aliphatic heterocycles. The normalized spacial score (nSPS) is 18.0. The van der Waals surface area contributed by atoms with Crippen molar-refractivity contribution in [3.63, 3.8) is 0 Å². The van der Waals surface area contributed by atoms with Gasteiger partial charge in [-0.05, 0) is 50.3 Å². The van der Waals surface area contributed by atoms with Crippen molar-refractivity contribution in [3.05, 3.63) is 46.0 Å². The second-order valence-corrected chi connectivity index (χ2v) is 7.18. The summed E-state index contributed by atoms with van der Waals surface area (Å²) >= 11 is 0. The number of nitrogens with zero attached hydrogens (tertiary/aromatic N) is 4. The number of carbonyl (C=O) groups excluding carboxylic acids is 1. The number of amides is 1. The number of aryl methyl sites for hydroxylation is 2. The van der Waals surface area contributed by atoms with Gasteiger partial charge in [-0.1, -0.05) is 13.0 Å². The van der Waals surface area contributed by atoms with E-state index in [1.165, 1.54) is 6.42 Å². The highest BCUT2D eigenvalue weighted by atomic mass is 16.2. The second-order valence-electron chi connectivity index (χ2n) is 7.18. The number of likely N-dealkylation sites (tertiary alicyclic amines) is 1. The number of rotatable bonds is 2. The van der Waals surface area contributed by atoms with Crippen LogP contribution in [0.1, 0.15) is 48.7 Å². The maximum Gasteiger partial charge on any atom is 0.270 e. The van der Waals surface area contributed by atoms with Crippen molar-refractivity contribution < 1.29 is 4.79 Å². The van der Waals surface area contributed by atoms with Crippen LogP contribution in [0.4, 0.5) is 0 Å². The van der Waals surface area contributed by atoms with Gasteiger partial charge < -0.3 is 9.47 Å². The zero-order valence-electron chi connectivity index (χ0n) is 15.5. The molecule has 0 bridgehead atoms. The number of hydrogen-bond acceptors (Lipinski definition) is 3. The highest BCUT2D eigenvalue weighted by Gasteiger charge is 2.29. The Kier molecular flexibility index (Phi) is 4.05. The zero-order chi connectivity index (χ0) is 18.4. The average molecular weight is 352 g/mol. The summed E-state index contributed by atoms with van der Waals surface area (Å²) in [7, 11) is 1.82. The predicted octanol–water partition coefficient (Wildman–Crippen LogP) is 2.90. The zero-order valence-corrected chi connectivity index (χ0v) is 15.5. The Bertz CT molecular complexity index is 1060. The summed E-state index contributed by atoms with van der Waals surface area (Å²) in [5.74, 6) is 0.00206. The van der Waals surface area contributed by atoms with E-state index in [0.29, 0.717) is 22.4 Å². The minimum absolute atomic E-state index is 0.00206. The van der Waals surface area contributed by atoms with E-state index >= 15 is 0 Å². The van der Waals surface area contributed by atoms with E-state index in [9.17, 15) is 9.59 Å². The Labute approximate surface area is 152 Å². The van der Waals surface area contributed by atoms with Crippen LogP contribution in [0.2, 0.25) is 0 Å². The summed E-state index contributed by atoms with van der Waals surface area (Å²) in [5, 5.41) is 0.490. The number of aromatic nitrogens is 3. The first-order valence-electron chi connectivity index (χ1n) is 9.31. The van der Waals surface area contributed by atoms with E-state index in [1.807, 2.05) is 31.0 Å². The highest BCUT2D eigenvalue weighted by Crippen LogP contribution is 2.24. The lowest BCUT2D eigenvalue weighted by molar-refractivity contribution is 0.0598. The Morgan fingerprint density at radius 3 is 2.88 bits per heavy atom. The van der Waals surface area contributed by atoms with Crippen LogP contribution in [0, 0.1) is 6.92 Å². The summed E-state index contributed by atoms with van der Waals surface area (Å²) in [6.07, 6.45) is 5.94. The van der Waals surface area contributed by atoms with Gasteiger partial charge in [-0.15, -0.1) is 0 Å². The van der Waals surface area contributed by atoms with E-state index in [2.05, 4.69) is 11.9 Å². The van der Waals surface area contributed by atoms with Gasteiger partial charge >= 0.3 is 0 Å². The molecule has 4 rings (SSSR count). The third-order valence-electron chi connectivity index (χ3n) is 5.60. The van der Waals surface area contributed by atoms with E-state index in [-0.39, 0.29) is 17.5 Å². The monoisotopic (exact) mass is 352 g/mol. The van der Waals surface area contributed by atoms with Crippen LogP contribution in [-0.2, 0) is 7.05 Å². The molecule has 0 N–H and O–H groups in total. The third-order valence-corrected chi connectivity index (χ3v) is 5.60. The number of carbonyl (C=O) groups is 1. The fourth-order valence-corrected chi connectivity index (χ4v) is 4.07. The molecule has 3 aromatic rings. The van der Waals surface area contributed by atoms with Gasteiger partial charge in [0.15, 0.2) is 0 Å². The molecule has 0 aromatic carbocycles. The topological polar surface area (TPSA) is 59.6 Å². The van der Waals surface area contributed by atoms with Gasteiger partial charge in [-0.2, -0.15) is 0 Å². The van der Waals surface area contributed by atoms with E-state index in [0.717, 1.165) is 31.4 Å². The van der Waals surface area contributed by atoms with Crippen LogP contribution in [0.25, 0.3) is 16.7 Å². The van der Waals surface area contributed by atoms with Crippen molar-refractivity contribution in [2.45, 2.75) is 45.6 Å². The number of pyridine rings is 1. The van der Waals surface area contributed by atoms with Gasteiger partial charge in [0.05, 0.1) is 5.39 Å². The minimum Gasteiger partial charge on any atom is -0.334 e. The van der Waals surface area contributed by atoms with Crippen molar-refractivity contribution in [2.24, 2.45) is 7.05 Å². The lowest BCUT2D eigenvalue weighted by atomic mass is 9.99. The Morgan fingerprint density at radius 2 is 2.12 bits per heavy atom. The first kappa shape index (κ1) is 16.8. The van der Waals surface area contributed by atoms with E-state index in [1.54, 1.807) is 21.2 Å². The summed E-state index contributed by atoms with van der Waals surface area (Å²) < 4.78 is 3.33. The largest absolute Gasteiger partial charge is 0.334 e. The number of hydrogen-bond donors (Lipinski definition) is 0. The highest BCUT2D eigenvalue weighted by molar-refractivity contribution is 5.98. The van der Waals surface area contributed by atoms with Crippen molar-refractivity contribution in [3.8, 4) is 0 Å². The van der Waals surface area contributed by atoms with E-state index in [4.69, 9.17) is 0 Å². The predicted molar refractivity (Wildman–Crippen MR) is 102 cm³/mol. The fourth-order valence-electron chi connectivity index (χ4n) is 4.07. The molecule has 1 saturated heterocycles. The molecule has 4 heterocycles. The maximum absolute atomic E-state index is 13.2. The lowest BCUT2D eigenvalue weighted by Crippen LogP contribution is -2.43. The molecule has 1 aliphatic rings. The van der Waals surface area contributed by atoms with Gasteiger partial charge in [-0.3, -0.25) is 14.0 Å². The summed E-state index contributed by atoms with van der Waals surface area (Å²) in [6.45, 7) is 4.84. The SMILES string of the molecule is CC[C@H]1CCCCN1C(=O)c1cc2c(=O)n3cccc(C)c3nc2n1C. The van der Waals surface area contributed by atoms with Crippen molar-refractivity contribution in [1.82, 2.24) is 18.9 Å². The molecule has 6 nitrogen and oxygen atoms in total. The minimum atomic E-state index is -0.131. The molecule has 1 amide bonds. The van der Waals surface area contributed by atoms with Crippen LogP contribution >= 0.6 is 0 Å². The molecule has 0 saturated carbocycles. The number of piperidine rings is 1. The van der Waals surface area contributed by atoms with Crippen LogP contribution in [0.5, 0.6) is 0 Å². The molecule has 0 aliphatic carbocycles. The Morgan fingerprint density at radius 1 is 1.31 bits per heavy atom. The van der Waals surface area contributed by atoms with Crippen LogP contribution in [0.15, 0.2) is 29.2 Å². The third kappa shape index (κ3) is 2.43. The fraction of sp³-hybridized carbons (Fsp3) is 0.450. The molecule has 136 valence electrons. The second kappa shape index (κ2) is 6.27. The first-order valence-corrected chi connectivity index (χ1v) is 9.31. The van der Waals surface area contributed by atoms with Crippen molar-refractivity contribution in [1.29, 1.82) is 0 Å². The van der Waals surface area contributed by atoms with Crippen molar-refractivity contribution in [2.75, 3.05) is 6.54 Å². The molecular weight excluding hydrogens is 328 g/mol.